The van der Waals surface area contributed by atoms with Crippen LogP contribution >= 0.6 is 34.8 Å². The fraction of sp³-hybridized carbons (Fsp3) is 0.118. The molecule has 0 saturated heterocycles. The van der Waals surface area contributed by atoms with Crippen LogP contribution in [0.15, 0.2) is 41.5 Å². The number of benzene rings is 2. The predicted molar refractivity (Wildman–Crippen MR) is 101 cm³/mol. The van der Waals surface area contributed by atoms with Gasteiger partial charge in [-0.3, -0.25) is 14.2 Å². The number of nitrogens with one attached hydrogen (secondary N) is 1. The number of anilines is 1. The Morgan fingerprint density at radius 3 is 2.68 bits per heavy atom. The van der Waals surface area contributed by atoms with E-state index in [1.54, 1.807) is 18.2 Å². The van der Waals surface area contributed by atoms with E-state index in [1.807, 2.05) is 6.92 Å². The Morgan fingerprint density at radius 2 is 1.92 bits per heavy atom. The van der Waals surface area contributed by atoms with E-state index in [-0.39, 0.29) is 22.9 Å². The van der Waals surface area contributed by atoms with Gasteiger partial charge < -0.3 is 5.32 Å². The summed E-state index contributed by atoms with van der Waals surface area (Å²) in [4.78, 5) is 29.0. The van der Waals surface area contributed by atoms with Crippen LogP contribution in [0, 0.1) is 6.92 Å². The van der Waals surface area contributed by atoms with Crippen LogP contribution in [0.4, 0.5) is 5.69 Å². The van der Waals surface area contributed by atoms with Crippen LogP contribution in [0.1, 0.15) is 5.56 Å². The Morgan fingerprint density at radius 1 is 1.16 bits per heavy atom. The molecule has 25 heavy (non-hydrogen) atoms. The first-order chi connectivity index (χ1) is 11.8. The smallest absolute Gasteiger partial charge is 0.261 e. The molecular weight excluding hydrogens is 385 g/mol. The minimum Gasteiger partial charge on any atom is -0.324 e. The van der Waals surface area contributed by atoms with Crippen LogP contribution < -0.4 is 10.9 Å². The van der Waals surface area contributed by atoms with Crippen molar-refractivity contribution in [3.63, 3.8) is 0 Å². The maximum Gasteiger partial charge on any atom is 0.261 e. The van der Waals surface area contributed by atoms with Gasteiger partial charge in [0.1, 0.15) is 6.54 Å². The molecule has 0 saturated carbocycles. The molecule has 128 valence electrons. The Kier molecular flexibility index (Phi) is 4.99. The van der Waals surface area contributed by atoms with E-state index < -0.39 is 5.56 Å². The van der Waals surface area contributed by atoms with Crippen LogP contribution in [0.2, 0.25) is 15.1 Å². The summed E-state index contributed by atoms with van der Waals surface area (Å²) < 4.78 is 1.20. The zero-order valence-corrected chi connectivity index (χ0v) is 15.3. The molecule has 3 rings (SSSR count). The Bertz CT molecular complexity index is 1050. The van der Waals surface area contributed by atoms with Crippen LogP contribution in [0.3, 0.4) is 0 Å². The van der Waals surface area contributed by atoms with Crippen molar-refractivity contribution >= 4 is 57.3 Å². The first-order valence-corrected chi connectivity index (χ1v) is 8.39. The number of halogens is 3. The third kappa shape index (κ3) is 3.79. The van der Waals surface area contributed by atoms with Gasteiger partial charge in [-0.05, 0) is 36.8 Å². The lowest BCUT2D eigenvalue weighted by atomic mass is 10.2. The molecule has 0 aliphatic rings. The molecule has 5 nitrogen and oxygen atoms in total. The quantitative estimate of drug-likeness (QED) is 0.718. The molecule has 0 spiro atoms. The average molecular weight is 397 g/mol. The zero-order chi connectivity index (χ0) is 18.1. The number of hydrogen-bond acceptors (Lipinski definition) is 3. The highest BCUT2D eigenvalue weighted by atomic mass is 35.5. The number of aromatic nitrogens is 2. The van der Waals surface area contributed by atoms with Gasteiger partial charge in [-0.15, -0.1) is 0 Å². The molecule has 1 aromatic heterocycles. The third-order valence-electron chi connectivity index (χ3n) is 3.63. The van der Waals surface area contributed by atoms with Crippen molar-refractivity contribution in [1.29, 1.82) is 0 Å². The summed E-state index contributed by atoms with van der Waals surface area (Å²) in [7, 11) is 0. The van der Waals surface area contributed by atoms with Crippen LogP contribution in [0.5, 0.6) is 0 Å². The van der Waals surface area contributed by atoms with Gasteiger partial charge in [0.05, 0.1) is 22.3 Å². The molecular formula is C17H12Cl3N3O2. The van der Waals surface area contributed by atoms with E-state index in [2.05, 4.69) is 10.3 Å². The highest BCUT2D eigenvalue weighted by Crippen LogP contribution is 2.24. The number of carbonyl (C=O) groups is 1. The number of amides is 1. The second-order valence-corrected chi connectivity index (χ2v) is 6.75. The first-order valence-electron chi connectivity index (χ1n) is 7.25. The van der Waals surface area contributed by atoms with E-state index in [9.17, 15) is 9.59 Å². The molecule has 0 bridgehead atoms. The number of rotatable bonds is 3. The number of hydrogen-bond donors (Lipinski definition) is 1. The summed E-state index contributed by atoms with van der Waals surface area (Å²) in [5.41, 5.74) is 1.40. The standard InChI is InChI=1S/C17H12Cl3N3O2/c1-9-2-3-10(18)6-14(9)22-15(24)7-23-8-21-16-12(17(23)25)4-11(19)5-13(16)20/h2-6,8H,7H2,1H3,(H,22,24). The summed E-state index contributed by atoms with van der Waals surface area (Å²) in [5.74, 6) is -0.373. The third-order valence-corrected chi connectivity index (χ3v) is 4.37. The molecule has 3 aromatic rings. The van der Waals surface area contributed by atoms with Crippen LogP contribution in [0.25, 0.3) is 10.9 Å². The predicted octanol–water partition coefficient (Wildman–Crippen LogP) is 4.30. The maximum absolute atomic E-state index is 12.5. The number of carbonyl (C=O) groups excluding carboxylic acids is 1. The van der Waals surface area contributed by atoms with E-state index >= 15 is 0 Å². The topological polar surface area (TPSA) is 64.0 Å². The second kappa shape index (κ2) is 7.04. The Hall–Kier alpha value is -2.08. The van der Waals surface area contributed by atoms with Gasteiger partial charge in [-0.2, -0.15) is 0 Å². The average Bonchev–Trinajstić information content (AvgIpc) is 2.54. The lowest BCUT2D eigenvalue weighted by molar-refractivity contribution is -0.116. The summed E-state index contributed by atoms with van der Waals surface area (Å²) >= 11 is 17.9. The van der Waals surface area contributed by atoms with Gasteiger partial charge in [0, 0.05) is 15.7 Å². The number of nitrogens with zero attached hydrogens (tertiary/aromatic N) is 2. The Labute approximate surface area is 158 Å². The summed E-state index contributed by atoms with van der Waals surface area (Å²) in [6.45, 7) is 1.65. The van der Waals surface area contributed by atoms with Crippen molar-refractivity contribution in [3.8, 4) is 0 Å². The van der Waals surface area contributed by atoms with Crippen molar-refractivity contribution in [3.05, 3.63) is 67.6 Å². The molecule has 0 radical (unpaired) electrons. The minimum atomic E-state index is -0.396. The summed E-state index contributed by atoms with van der Waals surface area (Å²) in [6.07, 6.45) is 1.29. The van der Waals surface area contributed by atoms with E-state index in [0.29, 0.717) is 21.2 Å². The molecule has 0 aliphatic heterocycles. The van der Waals surface area contributed by atoms with Gasteiger partial charge in [0.25, 0.3) is 5.56 Å². The van der Waals surface area contributed by atoms with E-state index in [0.717, 1.165) is 5.56 Å². The van der Waals surface area contributed by atoms with Gasteiger partial charge in [0.2, 0.25) is 5.91 Å². The summed E-state index contributed by atoms with van der Waals surface area (Å²) in [5, 5.41) is 4.11. The SMILES string of the molecule is Cc1ccc(Cl)cc1NC(=O)Cn1cnc2c(Cl)cc(Cl)cc2c1=O. The number of fused-ring (bicyclic) bond motifs is 1. The number of aryl methyl sites for hydroxylation is 1. The molecule has 0 aliphatic carbocycles. The highest BCUT2D eigenvalue weighted by molar-refractivity contribution is 6.38. The van der Waals surface area contributed by atoms with Crippen molar-refractivity contribution in [1.82, 2.24) is 9.55 Å². The van der Waals surface area contributed by atoms with Crippen molar-refractivity contribution in [2.45, 2.75) is 13.5 Å². The molecule has 0 atom stereocenters. The molecule has 1 N–H and O–H groups in total. The molecule has 1 amide bonds. The fourth-order valence-electron chi connectivity index (χ4n) is 2.38. The van der Waals surface area contributed by atoms with Crippen LogP contribution in [-0.2, 0) is 11.3 Å². The molecule has 8 heteroatoms. The van der Waals surface area contributed by atoms with Crippen molar-refractivity contribution in [2.24, 2.45) is 0 Å². The minimum absolute atomic E-state index is 0.197. The molecule has 2 aromatic carbocycles. The fourth-order valence-corrected chi connectivity index (χ4v) is 3.10. The van der Waals surface area contributed by atoms with E-state index in [4.69, 9.17) is 34.8 Å². The Balaban J connectivity index is 1.90. The lowest BCUT2D eigenvalue weighted by Crippen LogP contribution is -2.28. The van der Waals surface area contributed by atoms with Crippen molar-refractivity contribution < 1.29 is 4.79 Å². The van der Waals surface area contributed by atoms with Gasteiger partial charge >= 0.3 is 0 Å². The first kappa shape index (κ1) is 17.7. The van der Waals surface area contributed by atoms with E-state index in [1.165, 1.54) is 23.0 Å². The van der Waals surface area contributed by atoms with Gasteiger partial charge in [0.15, 0.2) is 0 Å². The monoisotopic (exact) mass is 395 g/mol. The highest BCUT2D eigenvalue weighted by Gasteiger charge is 2.12. The van der Waals surface area contributed by atoms with Gasteiger partial charge in [-0.1, -0.05) is 40.9 Å². The maximum atomic E-state index is 12.5. The van der Waals surface area contributed by atoms with Gasteiger partial charge in [-0.25, -0.2) is 4.98 Å². The lowest BCUT2D eigenvalue weighted by Gasteiger charge is -2.10. The summed E-state index contributed by atoms with van der Waals surface area (Å²) in [6, 6.07) is 8.17. The second-order valence-electron chi connectivity index (χ2n) is 5.47. The molecule has 0 unspecified atom stereocenters. The normalized spacial score (nSPS) is 10.9. The molecule has 1 heterocycles. The largest absolute Gasteiger partial charge is 0.324 e. The molecule has 0 fully saturated rings. The van der Waals surface area contributed by atoms with Crippen molar-refractivity contribution in [2.75, 3.05) is 5.32 Å². The van der Waals surface area contributed by atoms with Crippen LogP contribution in [-0.4, -0.2) is 15.5 Å². The zero-order valence-electron chi connectivity index (χ0n) is 13.0.